The summed E-state index contributed by atoms with van der Waals surface area (Å²) in [6.07, 6.45) is 3.07. The van der Waals surface area contributed by atoms with Crippen LogP contribution in [0.15, 0.2) is 29.1 Å². The average molecular weight is 418 g/mol. The number of anilines is 1. The van der Waals surface area contributed by atoms with Crippen LogP contribution in [0.3, 0.4) is 0 Å². The quantitative estimate of drug-likeness (QED) is 0.655. The summed E-state index contributed by atoms with van der Waals surface area (Å²) in [5.41, 5.74) is 1.64. The molecule has 1 amide bonds. The second-order valence-corrected chi connectivity index (χ2v) is 9.16. The van der Waals surface area contributed by atoms with Crippen molar-refractivity contribution in [1.29, 1.82) is 0 Å². The van der Waals surface area contributed by atoms with Gasteiger partial charge in [0.2, 0.25) is 5.91 Å². The summed E-state index contributed by atoms with van der Waals surface area (Å²) in [4.78, 5) is 34.2. The molecule has 0 bridgehead atoms. The number of carbonyl (C=O) groups excluding carboxylic acids is 1. The summed E-state index contributed by atoms with van der Waals surface area (Å²) in [7, 11) is 0. The van der Waals surface area contributed by atoms with E-state index >= 15 is 0 Å². The monoisotopic (exact) mass is 417 g/mol. The number of carbonyl (C=O) groups is 1. The molecule has 2 aromatic heterocycles. The minimum Gasteiger partial charge on any atom is -0.325 e. The molecule has 1 atom stereocenters. The van der Waals surface area contributed by atoms with E-state index in [0.717, 1.165) is 29.5 Å². The molecule has 2 N–H and O–H groups in total. The lowest BCUT2D eigenvalue weighted by atomic mass is 9.89. The maximum Gasteiger partial charge on any atom is 0.259 e. The van der Waals surface area contributed by atoms with Gasteiger partial charge < -0.3 is 10.3 Å². The first-order chi connectivity index (χ1) is 13.5. The fourth-order valence-corrected chi connectivity index (χ4v) is 5.52. The highest BCUT2D eigenvalue weighted by molar-refractivity contribution is 7.99. The predicted octanol–water partition coefficient (Wildman–Crippen LogP) is 4.12. The van der Waals surface area contributed by atoms with Crippen LogP contribution in [0, 0.1) is 11.7 Å². The van der Waals surface area contributed by atoms with Crippen molar-refractivity contribution < 1.29 is 9.18 Å². The van der Waals surface area contributed by atoms with E-state index in [9.17, 15) is 14.0 Å². The van der Waals surface area contributed by atoms with Crippen molar-refractivity contribution in [3.05, 3.63) is 56.7 Å². The molecule has 0 saturated carbocycles. The van der Waals surface area contributed by atoms with Crippen LogP contribution in [0.2, 0.25) is 0 Å². The lowest BCUT2D eigenvalue weighted by Crippen LogP contribution is -2.16. The van der Waals surface area contributed by atoms with Gasteiger partial charge in [0, 0.05) is 10.6 Å². The molecule has 5 nitrogen and oxygen atoms in total. The number of hydrogen-bond acceptors (Lipinski definition) is 5. The fraction of sp³-hybridized carbons (Fsp3) is 0.350. The number of rotatable bonds is 5. The molecule has 28 heavy (non-hydrogen) atoms. The molecular weight excluding hydrogens is 397 g/mol. The molecule has 0 fully saturated rings. The summed E-state index contributed by atoms with van der Waals surface area (Å²) in [5.74, 6) is 1.37. The standard InChI is InChI=1S/C20H20FN3O2S2/c1-11-2-7-14-15(8-11)28-20-18(14)19(26)23-16(24-20)9-27-10-17(25)22-13-5-3-12(21)4-6-13/h3-6,11H,2,7-10H2,1H3,(H,22,25)(H,23,24,26)/t11-/m0/s1. The van der Waals surface area contributed by atoms with Gasteiger partial charge in [0.15, 0.2) is 0 Å². The molecule has 0 unspecified atom stereocenters. The normalized spacial score (nSPS) is 16.1. The number of benzene rings is 1. The highest BCUT2D eigenvalue weighted by Gasteiger charge is 2.23. The minimum absolute atomic E-state index is 0.0802. The first kappa shape index (κ1) is 19.1. The number of thiophene rings is 1. The Morgan fingerprint density at radius 2 is 2.18 bits per heavy atom. The lowest BCUT2D eigenvalue weighted by molar-refractivity contribution is -0.113. The minimum atomic E-state index is -0.345. The van der Waals surface area contributed by atoms with Crippen molar-refractivity contribution in [3.8, 4) is 0 Å². The van der Waals surface area contributed by atoms with E-state index in [0.29, 0.717) is 23.2 Å². The van der Waals surface area contributed by atoms with Gasteiger partial charge in [-0.25, -0.2) is 9.37 Å². The number of nitrogens with zero attached hydrogens (tertiary/aromatic N) is 1. The van der Waals surface area contributed by atoms with Crippen LogP contribution in [0.5, 0.6) is 0 Å². The van der Waals surface area contributed by atoms with Gasteiger partial charge in [-0.05, 0) is 55.0 Å². The van der Waals surface area contributed by atoms with Crippen molar-refractivity contribution in [2.75, 3.05) is 11.1 Å². The predicted molar refractivity (Wildman–Crippen MR) is 113 cm³/mol. The average Bonchev–Trinajstić information content (AvgIpc) is 3.01. The molecule has 8 heteroatoms. The molecule has 146 valence electrons. The van der Waals surface area contributed by atoms with Gasteiger partial charge in [-0.1, -0.05) is 6.92 Å². The molecule has 4 rings (SSSR count). The second kappa shape index (κ2) is 8.05. The van der Waals surface area contributed by atoms with Crippen LogP contribution in [0.1, 0.15) is 29.6 Å². The van der Waals surface area contributed by atoms with Crippen molar-refractivity contribution in [2.45, 2.75) is 31.9 Å². The summed E-state index contributed by atoms with van der Waals surface area (Å²) in [6, 6.07) is 5.64. The highest BCUT2D eigenvalue weighted by Crippen LogP contribution is 2.35. The number of aromatic amines is 1. The summed E-state index contributed by atoms with van der Waals surface area (Å²) >= 11 is 3.00. The smallest absolute Gasteiger partial charge is 0.259 e. The Morgan fingerprint density at radius 1 is 1.39 bits per heavy atom. The van der Waals surface area contributed by atoms with Gasteiger partial charge in [-0.2, -0.15) is 0 Å². The largest absolute Gasteiger partial charge is 0.325 e. The number of H-pyrrole nitrogens is 1. The number of nitrogens with one attached hydrogen (secondary N) is 2. The topological polar surface area (TPSA) is 74.8 Å². The van der Waals surface area contributed by atoms with E-state index in [-0.39, 0.29) is 23.0 Å². The van der Waals surface area contributed by atoms with Gasteiger partial charge in [0.05, 0.1) is 16.9 Å². The Hall–Kier alpha value is -2.19. The van der Waals surface area contributed by atoms with E-state index in [4.69, 9.17) is 0 Å². The van der Waals surface area contributed by atoms with E-state index in [1.165, 1.54) is 46.5 Å². The SMILES string of the molecule is C[C@H]1CCc2c(sc3nc(CSCC(=O)Nc4ccc(F)cc4)[nH]c(=O)c23)C1. The molecular formula is C20H20FN3O2S2. The Balaban J connectivity index is 1.40. The third-order valence-electron chi connectivity index (χ3n) is 4.81. The van der Waals surface area contributed by atoms with Crippen LogP contribution in [-0.4, -0.2) is 21.6 Å². The third-order valence-corrected chi connectivity index (χ3v) is 6.91. The zero-order chi connectivity index (χ0) is 19.7. The molecule has 0 aliphatic heterocycles. The van der Waals surface area contributed by atoms with E-state index < -0.39 is 0 Å². The van der Waals surface area contributed by atoms with Crippen molar-refractivity contribution >= 4 is 44.9 Å². The Morgan fingerprint density at radius 3 is 2.96 bits per heavy atom. The van der Waals surface area contributed by atoms with Crippen LogP contribution in [0.4, 0.5) is 10.1 Å². The van der Waals surface area contributed by atoms with Gasteiger partial charge in [0.25, 0.3) is 5.56 Å². The number of aryl methyl sites for hydroxylation is 1. The summed E-state index contributed by atoms with van der Waals surface area (Å²) < 4.78 is 12.9. The fourth-order valence-electron chi connectivity index (χ4n) is 3.43. The molecule has 0 saturated heterocycles. The van der Waals surface area contributed by atoms with Crippen LogP contribution in [-0.2, 0) is 23.4 Å². The van der Waals surface area contributed by atoms with Gasteiger partial charge in [0.1, 0.15) is 16.5 Å². The molecule has 3 aromatic rings. The van der Waals surface area contributed by atoms with E-state index in [2.05, 4.69) is 22.2 Å². The number of hydrogen-bond donors (Lipinski definition) is 2. The van der Waals surface area contributed by atoms with Gasteiger partial charge >= 0.3 is 0 Å². The molecule has 0 spiro atoms. The molecule has 1 aliphatic carbocycles. The number of fused-ring (bicyclic) bond motifs is 3. The number of amides is 1. The Kier molecular flexibility index (Phi) is 5.50. The number of halogens is 1. The molecule has 1 aliphatic rings. The zero-order valence-electron chi connectivity index (χ0n) is 15.4. The van der Waals surface area contributed by atoms with Crippen molar-refractivity contribution in [2.24, 2.45) is 5.92 Å². The van der Waals surface area contributed by atoms with Crippen molar-refractivity contribution in [3.63, 3.8) is 0 Å². The summed E-state index contributed by atoms with van der Waals surface area (Å²) in [6.45, 7) is 2.24. The second-order valence-electron chi connectivity index (χ2n) is 7.09. The first-order valence-electron chi connectivity index (χ1n) is 9.16. The first-order valence-corrected chi connectivity index (χ1v) is 11.1. The van der Waals surface area contributed by atoms with Gasteiger partial charge in [-0.15, -0.1) is 23.1 Å². The van der Waals surface area contributed by atoms with Gasteiger partial charge in [-0.3, -0.25) is 9.59 Å². The number of aromatic nitrogens is 2. The molecule has 2 heterocycles. The number of thioether (sulfide) groups is 1. The maximum absolute atomic E-state index is 12.9. The van der Waals surface area contributed by atoms with Crippen LogP contribution >= 0.6 is 23.1 Å². The highest BCUT2D eigenvalue weighted by atomic mass is 32.2. The third kappa shape index (κ3) is 4.12. The molecule has 1 aromatic carbocycles. The van der Waals surface area contributed by atoms with Crippen LogP contribution < -0.4 is 10.9 Å². The van der Waals surface area contributed by atoms with Crippen LogP contribution in [0.25, 0.3) is 10.2 Å². The molecule has 0 radical (unpaired) electrons. The lowest BCUT2D eigenvalue weighted by Gasteiger charge is -2.17. The summed E-state index contributed by atoms with van der Waals surface area (Å²) in [5, 5.41) is 3.46. The van der Waals surface area contributed by atoms with E-state index in [1.54, 1.807) is 11.3 Å². The Labute approximate surface area is 169 Å². The zero-order valence-corrected chi connectivity index (χ0v) is 17.0. The van der Waals surface area contributed by atoms with Crippen molar-refractivity contribution in [1.82, 2.24) is 9.97 Å². The van der Waals surface area contributed by atoms with E-state index in [1.807, 2.05) is 0 Å². The Bertz CT molecular complexity index is 1080. The maximum atomic E-state index is 12.9.